The maximum atomic E-state index is 5.88. The molecule has 0 aromatic carbocycles. The van der Waals surface area contributed by atoms with Crippen molar-refractivity contribution in [3.8, 4) is 0 Å². The molecule has 5 heteroatoms. The van der Waals surface area contributed by atoms with E-state index >= 15 is 0 Å². The van der Waals surface area contributed by atoms with Gasteiger partial charge in [0.1, 0.15) is 5.15 Å². The average molecular weight is 261 g/mol. The van der Waals surface area contributed by atoms with Gasteiger partial charge in [0.2, 0.25) is 0 Å². The molecule has 0 spiro atoms. The van der Waals surface area contributed by atoms with Crippen molar-refractivity contribution < 1.29 is 4.74 Å². The van der Waals surface area contributed by atoms with Gasteiger partial charge in [0, 0.05) is 19.8 Å². The minimum Gasteiger partial charge on any atom is -0.383 e. The zero-order valence-electron chi connectivity index (χ0n) is 8.88. The molecule has 1 aliphatic heterocycles. The van der Waals surface area contributed by atoms with E-state index in [-0.39, 0.29) is 0 Å². The summed E-state index contributed by atoms with van der Waals surface area (Å²) in [7, 11) is 0. The van der Waals surface area contributed by atoms with Crippen molar-refractivity contribution in [2.75, 3.05) is 25.1 Å². The molecule has 1 aromatic heterocycles. The second kappa shape index (κ2) is 5.71. The number of rotatable bonds is 3. The summed E-state index contributed by atoms with van der Waals surface area (Å²) in [6.07, 6.45) is 3.93. The Morgan fingerprint density at radius 3 is 2.81 bits per heavy atom. The smallest absolute Gasteiger partial charge is 0.147 e. The second-order valence-electron chi connectivity index (χ2n) is 3.93. The third-order valence-corrected chi connectivity index (χ3v) is 3.42. The second-order valence-corrected chi connectivity index (χ2v) is 4.70. The van der Waals surface area contributed by atoms with Crippen LogP contribution in [0.25, 0.3) is 0 Å². The number of nitrogens with one attached hydrogen (secondary N) is 1. The highest BCUT2D eigenvalue weighted by atomic mass is 35.5. The zero-order valence-corrected chi connectivity index (χ0v) is 10.4. The quantitative estimate of drug-likeness (QED) is 0.848. The molecule has 2 rings (SSSR count). The lowest BCUT2D eigenvalue weighted by atomic mass is 10.0. The third-order valence-electron chi connectivity index (χ3n) is 2.73. The fourth-order valence-corrected chi connectivity index (χ4v) is 2.00. The predicted molar refractivity (Wildman–Crippen MR) is 66.3 cm³/mol. The largest absolute Gasteiger partial charge is 0.383 e. The number of anilines is 1. The van der Waals surface area contributed by atoms with E-state index < -0.39 is 0 Å². The van der Waals surface area contributed by atoms with E-state index in [0.717, 1.165) is 38.3 Å². The average Bonchev–Trinajstić information content (AvgIpc) is 2.32. The van der Waals surface area contributed by atoms with Crippen LogP contribution in [0.4, 0.5) is 5.69 Å². The first-order chi connectivity index (χ1) is 7.75. The van der Waals surface area contributed by atoms with Gasteiger partial charge >= 0.3 is 0 Å². The number of ether oxygens (including phenoxy) is 1. The van der Waals surface area contributed by atoms with E-state index in [1.165, 1.54) is 0 Å². The number of pyridine rings is 1. The Bertz CT molecular complexity index is 354. The Kier molecular flexibility index (Phi) is 4.27. The molecule has 88 valence electrons. The van der Waals surface area contributed by atoms with Crippen molar-refractivity contribution >= 4 is 28.9 Å². The van der Waals surface area contributed by atoms with Crippen LogP contribution in [0.1, 0.15) is 12.8 Å². The van der Waals surface area contributed by atoms with Crippen molar-refractivity contribution in [2.24, 2.45) is 5.92 Å². The lowest BCUT2D eigenvalue weighted by Gasteiger charge is -2.22. The molecule has 0 unspecified atom stereocenters. The number of aromatic nitrogens is 1. The first-order valence-corrected chi connectivity index (χ1v) is 6.14. The van der Waals surface area contributed by atoms with Crippen LogP contribution in [0.15, 0.2) is 12.3 Å². The molecule has 0 saturated carbocycles. The number of nitrogens with zero attached hydrogens (tertiary/aromatic N) is 1. The van der Waals surface area contributed by atoms with Gasteiger partial charge in [-0.15, -0.1) is 0 Å². The summed E-state index contributed by atoms with van der Waals surface area (Å²) in [5, 5.41) is 4.15. The maximum absolute atomic E-state index is 5.88. The molecular weight excluding hydrogens is 247 g/mol. The van der Waals surface area contributed by atoms with Crippen molar-refractivity contribution in [3.63, 3.8) is 0 Å². The summed E-state index contributed by atoms with van der Waals surface area (Å²) in [6.45, 7) is 2.67. The zero-order chi connectivity index (χ0) is 11.4. The minimum atomic E-state index is 0.346. The lowest BCUT2D eigenvalue weighted by Crippen LogP contribution is -2.22. The summed E-state index contributed by atoms with van der Waals surface area (Å²) in [5.41, 5.74) is 0.917. The predicted octanol–water partition coefficient (Wildman–Crippen LogP) is 3.23. The molecule has 1 N–H and O–H groups in total. The highest BCUT2D eigenvalue weighted by Gasteiger charge is 2.13. The monoisotopic (exact) mass is 260 g/mol. The number of hydrogen-bond acceptors (Lipinski definition) is 3. The first kappa shape index (κ1) is 12.0. The fraction of sp³-hybridized carbons (Fsp3) is 0.545. The SMILES string of the molecule is Clc1cc(NCC2CCOCC2)cnc1Cl. The Hall–Kier alpha value is -0.510. The molecule has 1 aliphatic rings. The molecule has 0 bridgehead atoms. The van der Waals surface area contributed by atoms with Gasteiger partial charge in [0.25, 0.3) is 0 Å². The highest BCUT2D eigenvalue weighted by Crippen LogP contribution is 2.23. The Labute approximate surface area is 105 Å². The molecule has 1 fully saturated rings. The third kappa shape index (κ3) is 3.24. The van der Waals surface area contributed by atoms with Gasteiger partial charge < -0.3 is 10.1 Å². The van der Waals surface area contributed by atoms with Crippen LogP contribution in [0, 0.1) is 5.92 Å². The summed E-state index contributed by atoms with van der Waals surface area (Å²) in [4.78, 5) is 3.99. The Morgan fingerprint density at radius 1 is 1.38 bits per heavy atom. The molecule has 0 aliphatic carbocycles. The summed E-state index contributed by atoms with van der Waals surface area (Å²) >= 11 is 11.6. The van der Waals surface area contributed by atoms with Crippen molar-refractivity contribution in [3.05, 3.63) is 22.4 Å². The van der Waals surface area contributed by atoms with E-state index in [0.29, 0.717) is 16.1 Å². The van der Waals surface area contributed by atoms with E-state index in [1.807, 2.05) is 0 Å². The van der Waals surface area contributed by atoms with E-state index in [1.54, 1.807) is 12.3 Å². The molecule has 0 atom stereocenters. The number of halogens is 2. The van der Waals surface area contributed by atoms with Crippen LogP contribution in [0.3, 0.4) is 0 Å². The molecule has 16 heavy (non-hydrogen) atoms. The van der Waals surface area contributed by atoms with Crippen LogP contribution >= 0.6 is 23.2 Å². The molecular formula is C11H14Cl2N2O. The van der Waals surface area contributed by atoms with Crippen molar-refractivity contribution in [2.45, 2.75) is 12.8 Å². The van der Waals surface area contributed by atoms with Gasteiger partial charge in [0.05, 0.1) is 16.9 Å². The molecule has 1 aromatic rings. The molecule has 1 saturated heterocycles. The number of hydrogen-bond donors (Lipinski definition) is 1. The van der Waals surface area contributed by atoms with Crippen LogP contribution in [-0.4, -0.2) is 24.7 Å². The van der Waals surface area contributed by atoms with E-state index in [9.17, 15) is 0 Å². The van der Waals surface area contributed by atoms with Crippen molar-refractivity contribution in [1.82, 2.24) is 4.98 Å². The fourth-order valence-electron chi connectivity index (χ4n) is 1.73. The summed E-state index contributed by atoms with van der Waals surface area (Å²) in [6, 6.07) is 1.80. The van der Waals surface area contributed by atoms with E-state index in [2.05, 4.69) is 10.3 Å². The standard InChI is InChI=1S/C11H14Cl2N2O/c12-10-5-9(7-15-11(10)13)14-6-8-1-3-16-4-2-8/h5,7-8,14H,1-4,6H2. The van der Waals surface area contributed by atoms with Crippen LogP contribution in [-0.2, 0) is 4.74 Å². The topological polar surface area (TPSA) is 34.1 Å². The van der Waals surface area contributed by atoms with Crippen LogP contribution < -0.4 is 5.32 Å². The van der Waals surface area contributed by atoms with Gasteiger partial charge in [-0.3, -0.25) is 0 Å². The Balaban J connectivity index is 1.86. The van der Waals surface area contributed by atoms with Gasteiger partial charge in [-0.1, -0.05) is 23.2 Å². The first-order valence-electron chi connectivity index (χ1n) is 5.38. The molecule has 0 radical (unpaired) electrons. The van der Waals surface area contributed by atoms with Crippen molar-refractivity contribution in [1.29, 1.82) is 0 Å². The molecule has 3 nitrogen and oxygen atoms in total. The van der Waals surface area contributed by atoms with Gasteiger partial charge in [-0.25, -0.2) is 4.98 Å². The van der Waals surface area contributed by atoms with Gasteiger partial charge in [-0.05, 0) is 24.8 Å². The van der Waals surface area contributed by atoms with E-state index in [4.69, 9.17) is 27.9 Å². The van der Waals surface area contributed by atoms with Gasteiger partial charge in [0.15, 0.2) is 0 Å². The molecule has 2 heterocycles. The summed E-state index contributed by atoms with van der Waals surface area (Å²) < 4.78 is 5.31. The van der Waals surface area contributed by atoms with Crippen LogP contribution in [0.2, 0.25) is 10.2 Å². The lowest BCUT2D eigenvalue weighted by molar-refractivity contribution is 0.0699. The maximum Gasteiger partial charge on any atom is 0.147 e. The minimum absolute atomic E-state index is 0.346. The molecule has 0 amide bonds. The van der Waals surface area contributed by atoms with Gasteiger partial charge in [-0.2, -0.15) is 0 Å². The normalized spacial score (nSPS) is 17.4. The highest BCUT2D eigenvalue weighted by molar-refractivity contribution is 6.41. The Morgan fingerprint density at radius 2 is 2.12 bits per heavy atom. The summed E-state index contributed by atoms with van der Waals surface area (Å²) in [5.74, 6) is 0.670. The van der Waals surface area contributed by atoms with Crippen LogP contribution in [0.5, 0.6) is 0 Å².